The fraction of sp³-hybridized carbons (Fsp3) is 0.632. The molecule has 0 aliphatic carbocycles. The largest absolute Gasteiger partial charge is 0.491 e. The molecule has 0 amide bonds. The molecule has 28 heavy (non-hydrogen) atoms. The van der Waals surface area contributed by atoms with Crippen molar-refractivity contribution in [2.45, 2.75) is 0 Å². The molecule has 0 bridgehead atoms. The summed E-state index contributed by atoms with van der Waals surface area (Å²) >= 11 is 0. The molecule has 0 aliphatic heterocycles. The van der Waals surface area contributed by atoms with Crippen molar-refractivity contribution in [1.29, 1.82) is 0 Å². The van der Waals surface area contributed by atoms with Gasteiger partial charge in [0.2, 0.25) is 0 Å². The van der Waals surface area contributed by atoms with E-state index in [0.717, 1.165) is 6.29 Å². The number of carbonyl (C=O) groups excluding carboxylic acids is 1. The predicted octanol–water partition coefficient (Wildman–Crippen LogP) is 0.308. The van der Waals surface area contributed by atoms with Gasteiger partial charge in [-0.25, -0.2) is 0 Å². The quantitative estimate of drug-likeness (QED) is 0.249. The third-order valence-electron chi connectivity index (χ3n) is 3.31. The number of ether oxygens (including phenoxy) is 6. The van der Waals surface area contributed by atoms with Crippen LogP contribution in [0.5, 0.6) is 11.5 Å². The average Bonchev–Trinajstić information content (AvgIpc) is 2.72. The molecule has 160 valence electrons. The SMILES string of the molecule is O=Cc1ccc(OCCOCCOCCO)cc1OCCOCCOCCO. The zero-order valence-electron chi connectivity index (χ0n) is 16.0. The first-order chi connectivity index (χ1) is 13.8. The lowest BCUT2D eigenvalue weighted by atomic mass is 10.2. The average molecular weight is 402 g/mol. The summed E-state index contributed by atoms with van der Waals surface area (Å²) in [5, 5.41) is 17.2. The molecule has 0 saturated carbocycles. The second-order valence-electron chi connectivity index (χ2n) is 5.41. The monoisotopic (exact) mass is 402 g/mol. The van der Waals surface area contributed by atoms with Gasteiger partial charge in [-0.15, -0.1) is 0 Å². The maximum Gasteiger partial charge on any atom is 0.153 e. The highest BCUT2D eigenvalue weighted by Gasteiger charge is 2.06. The highest BCUT2D eigenvalue weighted by molar-refractivity contribution is 5.79. The maximum absolute atomic E-state index is 11.1. The fourth-order valence-corrected chi connectivity index (χ4v) is 2.03. The van der Waals surface area contributed by atoms with Gasteiger partial charge in [-0.1, -0.05) is 0 Å². The Labute approximate surface area is 165 Å². The number of benzene rings is 1. The van der Waals surface area contributed by atoms with E-state index in [1.54, 1.807) is 18.2 Å². The van der Waals surface area contributed by atoms with Crippen molar-refractivity contribution in [1.82, 2.24) is 0 Å². The minimum atomic E-state index is -0.0127. The van der Waals surface area contributed by atoms with Gasteiger partial charge in [0.1, 0.15) is 24.7 Å². The van der Waals surface area contributed by atoms with Crippen LogP contribution < -0.4 is 9.47 Å². The molecular formula is C19H30O9. The molecule has 0 fully saturated rings. The first-order valence-corrected chi connectivity index (χ1v) is 9.19. The molecule has 0 unspecified atom stereocenters. The van der Waals surface area contributed by atoms with E-state index >= 15 is 0 Å². The van der Waals surface area contributed by atoms with Crippen LogP contribution in [0.2, 0.25) is 0 Å². The molecule has 2 N–H and O–H groups in total. The van der Waals surface area contributed by atoms with E-state index < -0.39 is 0 Å². The molecule has 9 heteroatoms. The summed E-state index contributed by atoms with van der Waals surface area (Å²) in [6.45, 7) is 3.57. The molecule has 0 radical (unpaired) electrons. The number of aliphatic hydroxyl groups is 2. The summed E-state index contributed by atoms with van der Waals surface area (Å²) in [7, 11) is 0. The van der Waals surface area contributed by atoms with Crippen LogP contribution in [0.25, 0.3) is 0 Å². The van der Waals surface area contributed by atoms with Crippen molar-refractivity contribution in [3.8, 4) is 11.5 Å². The highest BCUT2D eigenvalue weighted by atomic mass is 16.6. The summed E-state index contributed by atoms with van der Waals surface area (Å²) < 4.78 is 32.0. The molecule has 0 aromatic heterocycles. The van der Waals surface area contributed by atoms with Gasteiger partial charge in [-0.05, 0) is 12.1 Å². The number of aldehydes is 1. The number of hydrogen-bond acceptors (Lipinski definition) is 9. The Bertz CT molecular complexity index is 510. The van der Waals surface area contributed by atoms with Crippen LogP contribution in [-0.4, -0.2) is 95.8 Å². The van der Waals surface area contributed by atoms with E-state index in [4.69, 9.17) is 38.6 Å². The molecule has 0 saturated heterocycles. The predicted molar refractivity (Wildman–Crippen MR) is 100 cm³/mol. The van der Waals surface area contributed by atoms with Crippen molar-refractivity contribution in [2.24, 2.45) is 0 Å². The van der Waals surface area contributed by atoms with Gasteiger partial charge >= 0.3 is 0 Å². The van der Waals surface area contributed by atoms with Crippen LogP contribution in [0.1, 0.15) is 10.4 Å². The van der Waals surface area contributed by atoms with E-state index in [-0.39, 0.29) is 26.4 Å². The Kier molecular flexibility index (Phi) is 15.1. The lowest BCUT2D eigenvalue weighted by Crippen LogP contribution is -2.13. The minimum Gasteiger partial charge on any atom is -0.491 e. The Morgan fingerprint density at radius 2 is 1.18 bits per heavy atom. The van der Waals surface area contributed by atoms with Crippen LogP contribution in [0.4, 0.5) is 0 Å². The van der Waals surface area contributed by atoms with Crippen LogP contribution in [0.15, 0.2) is 18.2 Å². The van der Waals surface area contributed by atoms with Crippen molar-refractivity contribution >= 4 is 6.29 Å². The lowest BCUT2D eigenvalue weighted by molar-refractivity contribution is 0.0240. The van der Waals surface area contributed by atoms with Crippen LogP contribution in [-0.2, 0) is 18.9 Å². The molecule has 9 nitrogen and oxygen atoms in total. The van der Waals surface area contributed by atoms with E-state index in [2.05, 4.69) is 0 Å². The first-order valence-electron chi connectivity index (χ1n) is 9.19. The van der Waals surface area contributed by atoms with Gasteiger partial charge in [-0.2, -0.15) is 0 Å². The lowest BCUT2D eigenvalue weighted by Gasteiger charge is -2.12. The van der Waals surface area contributed by atoms with E-state index in [0.29, 0.717) is 69.9 Å². The summed E-state index contributed by atoms with van der Waals surface area (Å²) in [6.07, 6.45) is 0.720. The van der Waals surface area contributed by atoms with Gasteiger partial charge < -0.3 is 38.6 Å². The van der Waals surface area contributed by atoms with Crippen LogP contribution in [0, 0.1) is 0 Å². The van der Waals surface area contributed by atoms with Crippen LogP contribution >= 0.6 is 0 Å². The van der Waals surface area contributed by atoms with Crippen molar-refractivity contribution < 1.29 is 43.4 Å². The zero-order valence-corrected chi connectivity index (χ0v) is 16.0. The van der Waals surface area contributed by atoms with Gasteiger partial charge in [0, 0.05) is 6.07 Å². The minimum absolute atomic E-state index is 0.00450. The fourth-order valence-electron chi connectivity index (χ4n) is 2.03. The number of hydrogen-bond donors (Lipinski definition) is 2. The number of aliphatic hydroxyl groups excluding tert-OH is 2. The number of rotatable bonds is 19. The highest BCUT2D eigenvalue weighted by Crippen LogP contribution is 2.23. The molecule has 0 heterocycles. The molecule has 1 aromatic carbocycles. The third-order valence-corrected chi connectivity index (χ3v) is 3.31. The summed E-state index contributed by atoms with van der Waals surface area (Å²) in [4.78, 5) is 11.1. The van der Waals surface area contributed by atoms with Gasteiger partial charge in [-0.3, -0.25) is 4.79 Å². The Morgan fingerprint density at radius 1 is 0.679 bits per heavy atom. The number of carbonyl (C=O) groups is 1. The van der Waals surface area contributed by atoms with Crippen molar-refractivity contribution in [2.75, 3.05) is 79.3 Å². The molecule has 1 rings (SSSR count). The zero-order chi connectivity index (χ0) is 20.3. The Hall–Kier alpha value is -1.75. The topological polar surface area (TPSA) is 113 Å². The Balaban J connectivity index is 2.23. The molecular weight excluding hydrogens is 372 g/mol. The van der Waals surface area contributed by atoms with Crippen molar-refractivity contribution in [3.63, 3.8) is 0 Å². The summed E-state index contributed by atoms with van der Waals surface area (Å²) in [5.41, 5.74) is 0.427. The van der Waals surface area contributed by atoms with Crippen molar-refractivity contribution in [3.05, 3.63) is 23.8 Å². The van der Waals surface area contributed by atoms with Gasteiger partial charge in [0.15, 0.2) is 6.29 Å². The second-order valence-corrected chi connectivity index (χ2v) is 5.41. The molecule has 0 aliphatic rings. The molecule has 1 aromatic rings. The van der Waals surface area contributed by atoms with Gasteiger partial charge in [0.05, 0.1) is 71.6 Å². The maximum atomic E-state index is 11.1. The van der Waals surface area contributed by atoms with Crippen LogP contribution in [0.3, 0.4) is 0 Å². The smallest absolute Gasteiger partial charge is 0.153 e. The normalized spacial score (nSPS) is 10.8. The van der Waals surface area contributed by atoms with E-state index in [1.807, 2.05) is 0 Å². The van der Waals surface area contributed by atoms with Gasteiger partial charge in [0.25, 0.3) is 0 Å². The Morgan fingerprint density at radius 3 is 1.71 bits per heavy atom. The van der Waals surface area contributed by atoms with E-state index in [9.17, 15) is 4.79 Å². The third kappa shape index (κ3) is 11.9. The van der Waals surface area contributed by atoms with E-state index in [1.165, 1.54) is 0 Å². The summed E-state index contributed by atoms with van der Waals surface area (Å²) in [6, 6.07) is 4.97. The molecule has 0 spiro atoms. The first kappa shape index (κ1) is 24.3. The molecule has 0 atom stereocenters. The summed E-state index contributed by atoms with van der Waals surface area (Å²) in [5.74, 6) is 0.991. The second kappa shape index (κ2) is 17.4. The standard InChI is InChI=1S/C19H30O9/c20-3-5-23-7-9-25-11-13-27-18-2-1-17(16-22)19(15-18)28-14-12-26-10-8-24-6-4-21/h1-2,15-16,20-21H,3-14H2.